The highest BCUT2D eigenvalue weighted by atomic mass is 32.2. The second-order valence-electron chi connectivity index (χ2n) is 2.93. The summed E-state index contributed by atoms with van der Waals surface area (Å²) in [6.45, 7) is 0. The van der Waals surface area contributed by atoms with Crippen LogP contribution in [0.2, 0.25) is 0 Å². The summed E-state index contributed by atoms with van der Waals surface area (Å²) in [6, 6.07) is 8.58. The second-order valence-corrected chi connectivity index (χ2v) is 4.77. The Bertz CT molecular complexity index is 397. The quantitative estimate of drug-likeness (QED) is 0.830. The number of hydrogen-bond donors (Lipinski definition) is 1. The molecule has 0 fully saturated rings. The molecule has 0 aliphatic rings. The molecule has 1 N–H and O–H groups in total. The van der Waals surface area contributed by atoms with Gasteiger partial charge in [-0.2, -0.15) is 5.10 Å². The van der Waals surface area contributed by atoms with Gasteiger partial charge in [0.25, 0.3) is 0 Å². The Morgan fingerprint density at radius 3 is 2.67 bits per heavy atom. The number of hydrogen-bond acceptors (Lipinski definition) is 4. The zero-order chi connectivity index (χ0) is 10.5. The van der Waals surface area contributed by atoms with Crippen LogP contribution < -0.4 is 0 Å². The summed E-state index contributed by atoms with van der Waals surface area (Å²) < 4.78 is 0. The SMILES string of the molecule is CSc1ccc(CSc2ncn[nH]2)cc1. The molecule has 78 valence electrons. The van der Waals surface area contributed by atoms with Crippen molar-refractivity contribution in [2.24, 2.45) is 0 Å². The molecule has 0 saturated heterocycles. The number of nitrogens with zero attached hydrogens (tertiary/aromatic N) is 2. The number of aromatic nitrogens is 3. The summed E-state index contributed by atoms with van der Waals surface area (Å²) in [7, 11) is 0. The Kier molecular flexibility index (Phi) is 3.69. The molecule has 0 radical (unpaired) electrons. The molecule has 0 bridgehead atoms. The van der Waals surface area contributed by atoms with Crippen molar-refractivity contribution in [3.8, 4) is 0 Å². The first-order valence-electron chi connectivity index (χ1n) is 4.49. The monoisotopic (exact) mass is 237 g/mol. The molecule has 1 aromatic carbocycles. The Labute approximate surface area is 97.1 Å². The third-order valence-corrected chi connectivity index (χ3v) is 3.62. The van der Waals surface area contributed by atoms with Crippen LogP contribution in [0.25, 0.3) is 0 Å². The van der Waals surface area contributed by atoms with E-state index in [0.717, 1.165) is 10.9 Å². The van der Waals surface area contributed by atoms with Crippen molar-refractivity contribution in [3.63, 3.8) is 0 Å². The summed E-state index contributed by atoms with van der Waals surface area (Å²) in [4.78, 5) is 5.35. The molecule has 1 aromatic heterocycles. The number of aromatic amines is 1. The largest absolute Gasteiger partial charge is 0.254 e. The van der Waals surface area contributed by atoms with E-state index >= 15 is 0 Å². The lowest BCUT2D eigenvalue weighted by Crippen LogP contribution is -1.82. The van der Waals surface area contributed by atoms with Crippen LogP contribution in [-0.2, 0) is 5.75 Å². The molecule has 15 heavy (non-hydrogen) atoms. The van der Waals surface area contributed by atoms with Crippen LogP contribution in [0.15, 0.2) is 40.6 Å². The first-order valence-corrected chi connectivity index (χ1v) is 6.70. The van der Waals surface area contributed by atoms with Gasteiger partial charge in [-0.25, -0.2) is 4.98 Å². The van der Waals surface area contributed by atoms with Crippen molar-refractivity contribution in [2.45, 2.75) is 15.8 Å². The third kappa shape index (κ3) is 3.00. The molecule has 0 unspecified atom stereocenters. The van der Waals surface area contributed by atoms with E-state index in [-0.39, 0.29) is 0 Å². The van der Waals surface area contributed by atoms with E-state index in [1.54, 1.807) is 23.5 Å². The van der Waals surface area contributed by atoms with Gasteiger partial charge in [-0.15, -0.1) is 11.8 Å². The van der Waals surface area contributed by atoms with E-state index < -0.39 is 0 Å². The Morgan fingerprint density at radius 2 is 2.07 bits per heavy atom. The van der Waals surface area contributed by atoms with Gasteiger partial charge >= 0.3 is 0 Å². The predicted molar refractivity (Wildman–Crippen MR) is 64.2 cm³/mol. The molecule has 0 aliphatic carbocycles. The van der Waals surface area contributed by atoms with Crippen LogP contribution in [0, 0.1) is 0 Å². The number of thioether (sulfide) groups is 2. The van der Waals surface area contributed by atoms with Gasteiger partial charge in [-0.3, -0.25) is 5.10 Å². The number of nitrogens with one attached hydrogen (secondary N) is 1. The lowest BCUT2D eigenvalue weighted by molar-refractivity contribution is 0.973. The molecule has 0 aliphatic heterocycles. The molecule has 2 aromatic rings. The summed E-state index contributed by atoms with van der Waals surface area (Å²) in [5.74, 6) is 0.920. The first kappa shape index (κ1) is 10.6. The van der Waals surface area contributed by atoms with Crippen molar-refractivity contribution in [3.05, 3.63) is 36.2 Å². The van der Waals surface area contributed by atoms with Crippen molar-refractivity contribution in [1.29, 1.82) is 0 Å². The van der Waals surface area contributed by atoms with E-state index in [4.69, 9.17) is 0 Å². The lowest BCUT2D eigenvalue weighted by atomic mass is 10.2. The molecule has 5 heteroatoms. The molecular formula is C10H11N3S2. The van der Waals surface area contributed by atoms with Gasteiger partial charge in [0.15, 0.2) is 5.16 Å². The topological polar surface area (TPSA) is 41.6 Å². The van der Waals surface area contributed by atoms with Crippen molar-refractivity contribution in [1.82, 2.24) is 15.2 Å². The number of H-pyrrole nitrogens is 1. The van der Waals surface area contributed by atoms with Gasteiger partial charge < -0.3 is 0 Å². The van der Waals surface area contributed by atoms with E-state index in [1.165, 1.54) is 16.8 Å². The minimum Gasteiger partial charge on any atom is -0.254 e. The van der Waals surface area contributed by atoms with Crippen LogP contribution in [0.3, 0.4) is 0 Å². The Balaban J connectivity index is 1.93. The van der Waals surface area contributed by atoms with Crippen LogP contribution in [0.4, 0.5) is 0 Å². The summed E-state index contributed by atoms with van der Waals surface area (Å²) in [5, 5.41) is 7.49. The average Bonchev–Trinajstić information content (AvgIpc) is 2.80. The molecule has 0 amide bonds. The summed E-state index contributed by atoms with van der Waals surface area (Å²) >= 11 is 3.42. The summed E-state index contributed by atoms with van der Waals surface area (Å²) in [6.07, 6.45) is 3.61. The average molecular weight is 237 g/mol. The number of rotatable bonds is 4. The predicted octanol–water partition coefficient (Wildman–Crippen LogP) is 2.82. The smallest absolute Gasteiger partial charge is 0.183 e. The van der Waals surface area contributed by atoms with Gasteiger partial charge in [0.1, 0.15) is 6.33 Å². The van der Waals surface area contributed by atoms with Crippen LogP contribution in [-0.4, -0.2) is 21.4 Å². The second kappa shape index (κ2) is 5.23. The van der Waals surface area contributed by atoms with E-state index in [0.29, 0.717) is 0 Å². The minimum absolute atomic E-state index is 0.865. The van der Waals surface area contributed by atoms with Gasteiger partial charge in [0, 0.05) is 10.6 Å². The van der Waals surface area contributed by atoms with Gasteiger partial charge in [-0.1, -0.05) is 23.9 Å². The highest BCUT2D eigenvalue weighted by Crippen LogP contribution is 2.20. The van der Waals surface area contributed by atoms with E-state index in [9.17, 15) is 0 Å². The number of benzene rings is 1. The molecule has 0 atom stereocenters. The fraction of sp³-hybridized carbons (Fsp3) is 0.200. The van der Waals surface area contributed by atoms with Crippen LogP contribution in [0.1, 0.15) is 5.56 Å². The van der Waals surface area contributed by atoms with Crippen molar-refractivity contribution in [2.75, 3.05) is 6.26 Å². The standard InChI is InChI=1S/C10H11N3S2/c1-14-9-4-2-8(3-5-9)6-15-10-11-7-12-13-10/h2-5,7H,6H2,1H3,(H,11,12,13). The minimum atomic E-state index is 0.865. The maximum Gasteiger partial charge on any atom is 0.183 e. The third-order valence-electron chi connectivity index (χ3n) is 1.93. The molecule has 0 spiro atoms. The van der Waals surface area contributed by atoms with Crippen molar-refractivity contribution < 1.29 is 0 Å². The zero-order valence-corrected chi connectivity index (χ0v) is 9.94. The zero-order valence-electron chi connectivity index (χ0n) is 8.30. The fourth-order valence-corrected chi connectivity index (χ4v) is 2.28. The van der Waals surface area contributed by atoms with Gasteiger partial charge in [0.05, 0.1) is 0 Å². The molecule has 3 nitrogen and oxygen atoms in total. The van der Waals surface area contributed by atoms with Crippen LogP contribution in [0.5, 0.6) is 0 Å². The lowest BCUT2D eigenvalue weighted by Gasteiger charge is -2.00. The Morgan fingerprint density at radius 1 is 1.27 bits per heavy atom. The van der Waals surface area contributed by atoms with E-state index in [2.05, 4.69) is 45.7 Å². The molecule has 1 heterocycles. The summed E-state index contributed by atoms with van der Waals surface area (Å²) in [5.41, 5.74) is 1.30. The highest BCUT2D eigenvalue weighted by molar-refractivity contribution is 7.98. The first-order chi connectivity index (χ1) is 7.38. The maximum atomic E-state index is 4.06. The normalized spacial score (nSPS) is 10.5. The van der Waals surface area contributed by atoms with Crippen LogP contribution >= 0.6 is 23.5 Å². The molecule has 0 saturated carbocycles. The fourth-order valence-electron chi connectivity index (χ4n) is 1.14. The maximum absolute atomic E-state index is 4.06. The molecular weight excluding hydrogens is 226 g/mol. The highest BCUT2D eigenvalue weighted by Gasteiger charge is 1.98. The van der Waals surface area contributed by atoms with Gasteiger partial charge in [0.2, 0.25) is 0 Å². The van der Waals surface area contributed by atoms with Gasteiger partial charge in [-0.05, 0) is 24.0 Å². The Hall–Kier alpha value is -0.940. The van der Waals surface area contributed by atoms with Crippen molar-refractivity contribution >= 4 is 23.5 Å². The molecule has 2 rings (SSSR count). The van der Waals surface area contributed by atoms with E-state index in [1.807, 2.05) is 0 Å².